The number of rotatable bonds is 6. The number of hydrogen-bond acceptors (Lipinski definition) is 4. The molecular weight excluding hydrogens is 341 g/mol. The molecular formula is C17H22FN5OS. The third-order valence-corrected chi connectivity index (χ3v) is 4.45. The lowest BCUT2D eigenvalue weighted by atomic mass is 10.2. The van der Waals surface area contributed by atoms with Gasteiger partial charge in [0.05, 0.1) is 11.2 Å². The largest absolute Gasteiger partial charge is 0.354 e. The number of halogens is 1. The average molecular weight is 363 g/mol. The van der Waals surface area contributed by atoms with Crippen LogP contribution < -0.4 is 10.6 Å². The van der Waals surface area contributed by atoms with E-state index in [1.807, 2.05) is 24.9 Å². The molecule has 1 amide bonds. The topological polar surface area (TPSA) is 69.6 Å². The summed E-state index contributed by atoms with van der Waals surface area (Å²) in [7, 11) is 3.56. The predicted molar refractivity (Wildman–Crippen MR) is 98.4 cm³/mol. The number of nitrogens with one attached hydrogen (secondary N) is 2. The lowest BCUT2D eigenvalue weighted by Crippen LogP contribution is -2.42. The summed E-state index contributed by atoms with van der Waals surface area (Å²) in [5, 5.41) is 6.02. The third-order valence-electron chi connectivity index (χ3n) is 3.53. The van der Waals surface area contributed by atoms with E-state index in [9.17, 15) is 9.18 Å². The number of guanidine groups is 1. The summed E-state index contributed by atoms with van der Waals surface area (Å²) < 4.78 is 13.3. The molecule has 1 aromatic heterocycles. The van der Waals surface area contributed by atoms with Gasteiger partial charge in [-0.2, -0.15) is 0 Å². The number of aryl methyl sites for hydroxylation is 1. The van der Waals surface area contributed by atoms with Crippen LogP contribution in [0, 0.1) is 12.7 Å². The average Bonchev–Trinajstić information content (AvgIpc) is 3.00. The van der Waals surface area contributed by atoms with Crippen LogP contribution in [0.5, 0.6) is 0 Å². The van der Waals surface area contributed by atoms with E-state index in [2.05, 4.69) is 20.6 Å². The molecule has 25 heavy (non-hydrogen) atoms. The van der Waals surface area contributed by atoms with Gasteiger partial charge < -0.3 is 15.5 Å². The zero-order valence-corrected chi connectivity index (χ0v) is 15.4. The van der Waals surface area contributed by atoms with Crippen molar-refractivity contribution in [2.24, 2.45) is 4.99 Å². The Labute approximate surface area is 150 Å². The second kappa shape index (κ2) is 9.12. The molecule has 0 aliphatic rings. The van der Waals surface area contributed by atoms with Crippen LogP contribution in [-0.2, 0) is 6.54 Å². The first-order valence-corrected chi connectivity index (χ1v) is 8.73. The van der Waals surface area contributed by atoms with Gasteiger partial charge in [0, 0.05) is 33.7 Å². The number of aliphatic imine (C=N–C) groups is 1. The Kier molecular flexibility index (Phi) is 6.88. The van der Waals surface area contributed by atoms with E-state index >= 15 is 0 Å². The first-order valence-electron chi connectivity index (χ1n) is 7.85. The van der Waals surface area contributed by atoms with Gasteiger partial charge in [-0.15, -0.1) is 11.3 Å². The molecule has 0 saturated heterocycles. The van der Waals surface area contributed by atoms with E-state index in [4.69, 9.17) is 0 Å². The Morgan fingerprint density at radius 2 is 2.12 bits per heavy atom. The number of nitrogens with zero attached hydrogens (tertiary/aromatic N) is 3. The van der Waals surface area contributed by atoms with Gasteiger partial charge in [-0.05, 0) is 24.6 Å². The van der Waals surface area contributed by atoms with Gasteiger partial charge in [0.25, 0.3) is 5.91 Å². The highest BCUT2D eigenvalue weighted by molar-refractivity contribution is 7.11. The van der Waals surface area contributed by atoms with Crippen molar-refractivity contribution in [3.8, 4) is 0 Å². The Morgan fingerprint density at radius 1 is 1.36 bits per heavy atom. The molecule has 2 N–H and O–H groups in total. The molecule has 0 aliphatic heterocycles. The van der Waals surface area contributed by atoms with Crippen molar-refractivity contribution in [3.05, 3.63) is 51.7 Å². The summed E-state index contributed by atoms with van der Waals surface area (Å²) in [4.78, 5) is 22.8. The maximum absolute atomic E-state index is 13.3. The lowest BCUT2D eigenvalue weighted by molar-refractivity contribution is 0.0957. The fourth-order valence-electron chi connectivity index (χ4n) is 2.32. The Bertz CT molecular complexity index is 746. The predicted octanol–water partition coefficient (Wildman–Crippen LogP) is 2.03. The van der Waals surface area contributed by atoms with Crippen LogP contribution in [0.25, 0.3) is 0 Å². The third kappa shape index (κ3) is 5.53. The molecule has 0 bridgehead atoms. The number of carbonyl (C=O) groups excluding carboxylic acids is 1. The zero-order valence-electron chi connectivity index (χ0n) is 14.5. The van der Waals surface area contributed by atoms with E-state index in [0.717, 1.165) is 11.3 Å². The van der Waals surface area contributed by atoms with E-state index in [-0.39, 0.29) is 11.7 Å². The van der Waals surface area contributed by atoms with Crippen LogP contribution in [0.1, 0.15) is 20.9 Å². The summed E-state index contributed by atoms with van der Waals surface area (Å²) >= 11 is 1.33. The van der Waals surface area contributed by atoms with Crippen molar-refractivity contribution in [2.45, 2.75) is 13.5 Å². The van der Waals surface area contributed by atoms with Crippen LogP contribution in [0.2, 0.25) is 0 Å². The molecule has 134 valence electrons. The SMILES string of the molecule is CN=C(NCCNC(=O)c1scnc1C)N(C)Cc1cccc(F)c1. The molecule has 2 rings (SSSR count). The van der Waals surface area contributed by atoms with Gasteiger partial charge in [-0.25, -0.2) is 9.37 Å². The van der Waals surface area contributed by atoms with Crippen LogP contribution >= 0.6 is 11.3 Å². The first kappa shape index (κ1) is 18.9. The van der Waals surface area contributed by atoms with E-state index in [0.29, 0.717) is 30.5 Å². The maximum Gasteiger partial charge on any atom is 0.263 e. The molecule has 0 spiro atoms. The minimum atomic E-state index is -0.255. The molecule has 0 saturated carbocycles. The lowest BCUT2D eigenvalue weighted by Gasteiger charge is -2.22. The molecule has 8 heteroatoms. The highest BCUT2D eigenvalue weighted by Crippen LogP contribution is 2.11. The monoisotopic (exact) mass is 363 g/mol. The number of carbonyl (C=O) groups is 1. The molecule has 0 radical (unpaired) electrons. The van der Waals surface area contributed by atoms with Crippen molar-refractivity contribution in [3.63, 3.8) is 0 Å². The van der Waals surface area contributed by atoms with Gasteiger partial charge in [0.15, 0.2) is 5.96 Å². The summed E-state index contributed by atoms with van der Waals surface area (Å²) in [6.45, 7) is 3.34. The summed E-state index contributed by atoms with van der Waals surface area (Å²) in [6, 6.07) is 6.47. The van der Waals surface area contributed by atoms with E-state index in [1.54, 1.807) is 18.6 Å². The highest BCUT2D eigenvalue weighted by Gasteiger charge is 2.11. The van der Waals surface area contributed by atoms with Gasteiger partial charge in [-0.3, -0.25) is 9.79 Å². The van der Waals surface area contributed by atoms with Gasteiger partial charge in [0.2, 0.25) is 0 Å². The second-order valence-corrected chi connectivity index (χ2v) is 6.34. The number of thiazole rings is 1. The van der Waals surface area contributed by atoms with Crippen molar-refractivity contribution >= 4 is 23.2 Å². The molecule has 0 fully saturated rings. The Morgan fingerprint density at radius 3 is 2.76 bits per heavy atom. The van der Waals surface area contributed by atoms with E-state index in [1.165, 1.54) is 23.5 Å². The van der Waals surface area contributed by atoms with Crippen LogP contribution in [0.4, 0.5) is 4.39 Å². The first-order chi connectivity index (χ1) is 12.0. The molecule has 0 unspecified atom stereocenters. The smallest absolute Gasteiger partial charge is 0.263 e. The molecule has 0 aliphatic carbocycles. The number of aromatic nitrogens is 1. The molecule has 2 aromatic rings. The number of hydrogen-bond donors (Lipinski definition) is 2. The highest BCUT2D eigenvalue weighted by atomic mass is 32.1. The van der Waals surface area contributed by atoms with Gasteiger partial charge in [-0.1, -0.05) is 12.1 Å². The molecule has 1 aromatic carbocycles. The summed E-state index contributed by atoms with van der Waals surface area (Å²) in [5.74, 6) is 0.298. The Hall–Kier alpha value is -2.48. The van der Waals surface area contributed by atoms with Gasteiger partial charge in [0.1, 0.15) is 10.7 Å². The molecule has 1 heterocycles. The van der Waals surface area contributed by atoms with Crippen LogP contribution in [-0.4, -0.2) is 48.9 Å². The fraction of sp³-hybridized carbons (Fsp3) is 0.353. The van der Waals surface area contributed by atoms with Crippen molar-refractivity contribution in [1.82, 2.24) is 20.5 Å². The van der Waals surface area contributed by atoms with E-state index < -0.39 is 0 Å². The normalized spacial score (nSPS) is 11.3. The Balaban J connectivity index is 1.78. The zero-order chi connectivity index (χ0) is 18.2. The van der Waals surface area contributed by atoms with Crippen LogP contribution in [0.3, 0.4) is 0 Å². The molecule has 6 nitrogen and oxygen atoms in total. The second-order valence-electron chi connectivity index (χ2n) is 5.48. The van der Waals surface area contributed by atoms with Gasteiger partial charge >= 0.3 is 0 Å². The summed E-state index contributed by atoms with van der Waals surface area (Å²) in [6.07, 6.45) is 0. The number of amides is 1. The maximum atomic E-state index is 13.3. The van der Waals surface area contributed by atoms with Crippen LogP contribution in [0.15, 0.2) is 34.8 Å². The summed E-state index contributed by atoms with van der Waals surface area (Å²) in [5.41, 5.74) is 3.26. The minimum Gasteiger partial charge on any atom is -0.354 e. The molecule has 0 atom stereocenters. The van der Waals surface area contributed by atoms with Crippen molar-refractivity contribution in [2.75, 3.05) is 27.2 Å². The van der Waals surface area contributed by atoms with Crippen molar-refractivity contribution < 1.29 is 9.18 Å². The van der Waals surface area contributed by atoms with Crippen molar-refractivity contribution in [1.29, 1.82) is 0 Å². The standard InChI is InChI=1S/C17H22FN5OS/c1-12-15(25-11-22-12)16(24)20-7-8-21-17(19-2)23(3)10-13-5-4-6-14(18)9-13/h4-6,9,11H,7-8,10H2,1-3H3,(H,19,21)(H,20,24). The minimum absolute atomic E-state index is 0.120. The quantitative estimate of drug-likeness (QED) is 0.468. The fourth-order valence-corrected chi connectivity index (χ4v) is 3.04. The number of benzene rings is 1.